The van der Waals surface area contributed by atoms with Crippen LogP contribution in [0.5, 0.6) is 0 Å². The number of nitrogens with zero attached hydrogens (tertiary/aromatic N) is 1. The molecule has 30 heavy (non-hydrogen) atoms. The summed E-state index contributed by atoms with van der Waals surface area (Å²) in [6.07, 6.45) is -1.74. The van der Waals surface area contributed by atoms with Gasteiger partial charge in [0.1, 0.15) is 23.8 Å². The second kappa shape index (κ2) is 8.93. The van der Waals surface area contributed by atoms with Crippen LogP contribution in [0.4, 0.5) is 4.79 Å². The maximum Gasteiger partial charge on any atom is 0.407 e. The van der Waals surface area contributed by atoms with Crippen molar-refractivity contribution in [3.63, 3.8) is 0 Å². The molecule has 0 fully saturated rings. The van der Waals surface area contributed by atoms with Crippen molar-refractivity contribution in [2.45, 2.75) is 24.7 Å². The molecule has 0 bridgehead atoms. The molecule has 1 aliphatic carbocycles. The largest absolute Gasteiger partial charge is 0.449 e. The molecule has 1 amide bonds. The topological polar surface area (TPSA) is 112 Å². The number of ether oxygens (including phenoxy) is 1. The zero-order chi connectivity index (χ0) is 21.1. The van der Waals surface area contributed by atoms with Crippen LogP contribution < -0.4 is 5.32 Å². The van der Waals surface area contributed by atoms with E-state index in [1.165, 1.54) is 6.20 Å². The first-order chi connectivity index (χ1) is 14.6. The van der Waals surface area contributed by atoms with Crippen molar-refractivity contribution < 1.29 is 24.9 Å². The van der Waals surface area contributed by atoms with Crippen LogP contribution in [0.2, 0.25) is 0 Å². The summed E-state index contributed by atoms with van der Waals surface area (Å²) in [5.74, 6) is -0.0501. The maximum atomic E-state index is 12.2. The van der Waals surface area contributed by atoms with Gasteiger partial charge in [0.05, 0.1) is 11.5 Å². The standard InChI is InChI=1S/C22H22N2O5S/c25-11-13-9-23-21(30-13)20(27)19(26)10-24-22(28)29-12-18-16-7-3-1-5-14(16)15-6-2-4-8-17(15)18/h1-9,18-20,25-27H,10-12H2,(H,24,28). The van der Waals surface area contributed by atoms with Crippen molar-refractivity contribution in [2.75, 3.05) is 13.2 Å². The van der Waals surface area contributed by atoms with Gasteiger partial charge in [0, 0.05) is 18.7 Å². The van der Waals surface area contributed by atoms with E-state index in [0.717, 1.165) is 33.6 Å². The van der Waals surface area contributed by atoms with Crippen LogP contribution in [0.1, 0.15) is 33.0 Å². The van der Waals surface area contributed by atoms with Crippen molar-refractivity contribution in [2.24, 2.45) is 0 Å². The Morgan fingerprint density at radius 3 is 2.33 bits per heavy atom. The summed E-state index contributed by atoms with van der Waals surface area (Å²) in [4.78, 5) is 16.7. The van der Waals surface area contributed by atoms with Gasteiger partial charge >= 0.3 is 6.09 Å². The molecule has 0 aliphatic heterocycles. The van der Waals surface area contributed by atoms with E-state index in [2.05, 4.69) is 22.4 Å². The van der Waals surface area contributed by atoms with E-state index in [0.29, 0.717) is 4.88 Å². The summed E-state index contributed by atoms with van der Waals surface area (Å²) in [5.41, 5.74) is 4.52. The van der Waals surface area contributed by atoms with E-state index in [-0.39, 0.29) is 30.7 Å². The fraction of sp³-hybridized carbons (Fsp3) is 0.273. The van der Waals surface area contributed by atoms with Crippen LogP contribution in [0, 0.1) is 0 Å². The summed E-state index contributed by atoms with van der Waals surface area (Å²) >= 11 is 1.10. The van der Waals surface area contributed by atoms with Crippen molar-refractivity contribution in [3.05, 3.63) is 75.7 Å². The lowest BCUT2D eigenvalue weighted by atomic mass is 9.98. The molecule has 0 spiro atoms. The third-order valence-electron chi connectivity index (χ3n) is 5.14. The molecule has 1 heterocycles. The molecule has 4 rings (SSSR count). The van der Waals surface area contributed by atoms with Gasteiger partial charge in [-0.05, 0) is 22.3 Å². The monoisotopic (exact) mass is 426 g/mol. The van der Waals surface area contributed by atoms with Crippen LogP contribution in [-0.2, 0) is 11.3 Å². The van der Waals surface area contributed by atoms with Crippen molar-refractivity contribution in [3.8, 4) is 11.1 Å². The molecule has 4 N–H and O–H groups in total. The molecule has 0 saturated carbocycles. The molecule has 0 saturated heterocycles. The number of fused-ring (bicyclic) bond motifs is 3. The average Bonchev–Trinajstić information content (AvgIpc) is 3.38. The zero-order valence-corrected chi connectivity index (χ0v) is 16.9. The normalized spacial score (nSPS) is 14.6. The third kappa shape index (κ3) is 4.08. The summed E-state index contributed by atoms with van der Waals surface area (Å²) < 4.78 is 5.41. The highest BCUT2D eigenvalue weighted by Gasteiger charge is 2.29. The Morgan fingerprint density at radius 2 is 1.73 bits per heavy atom. The number of alkyl carbamates (subject to hydrolysis) is 1. The second-order valence-corrected chi connectivity index (χ2v) is 8.19. The van der Waals surface area contributed by atoms with Gasteiger partial charge < -0.3 is 25.4 Å². The number of carbonyl (C=O) groups is 1. The van der Waals surface area contributed by atoms with Gasteiger partial charge in [-0.2, -0.15) is 0 Å². The van der Waals surface area contributed by atoms with E-state index >= 15 is 0 Å². The lowest BCUT2D eigenvalue weighted by molar-refractivity contribution is 0.0184. The maximum absolute atomic E-state index is 12.2. The molecule has 1 aromatic heterocycles. The van der Waals surface area contributed by atoms with E-state index < -0.39 is 18.3 Å². The summed E-state index contributed by atoms with van der Waals surface area (Å²) in [6, 6.07) is 16.1. The number of nitrogens with one attached hydrogen (secondary N) is 1. The lowest BCUT2D eigenvalue weighted by Gasteiger charge is -2.18. The summed E-state index contributed by atoms with van der Waals surface area (Å²) in [6.45, 7) is -0.199. The highest BCUT2D eigenvalue weighted by molar-refractivity contribution is 7.11. The average molecular weight is 426 g/mol. The van der Waals surface area contributed by atoms with Gasteiger partial charge in [-0.15, -0.1) is 11.3 Å². The molecule has 2 atom stereocenters. The fourth-order valence-corrected chi connectivity index (χ4v) is 4.47. The molecule has 2 aromatic carbocycles. The highest BCUT2D eigenvalue weighted by Crippen LogP contribution is 2.44. The van der Waals surface area contributed by atoms with Crippen LogP contribution in [0.25, 0.3) is 11.1 Å². The Hall–Kier alpha value is -2.78. The predicted octanol–water partition coefficient (Wildman–Crippen LogP) is 2.57. The SMILES string of the molecule is O=C(NCC(O)C(O)c1ncc(CO)s1)OCC1c2ccccc2-c2ccccc21. The highest BCUT2D eigenvalue weighted by atomic mass is 32.1. The molecule has 7 nitrogen and oxygen atoms in total. The third-order valence-corrected chi connectivity index (χ3v) is 6.20. The van der Waals surface area contributed by atoms with Gasteiger partial charge in [-0.25, -0.2) is 9.78 Å². The Labute approximate surface area is 177 Å². The fourth-order valence-electron chi connectivity index (χ4n) is 3.65. The first-order valence-electron chi connectivity index (χ1n) is 9.59. The Kier molecular flexibility index (Phi) is 6.10. The second-order valence-electron chi connectivity index (χ2n) is 7.04. The Bertz CT molecular complexity index is 992. The van der Waals surface area contributed by atoms with Crippen LogP contribution in [0.15, 0.2) is 54.7 Å². The van der Waals surface area contributed by atoms with E-state index in [1.54, 1.807) is 0 Å². The molecular formula is C22H22N2O5S. The zero-order valence-electron chi connectivity index (χ0n) is 16.1. The van der Waals surface area contributed by atoms with Crippen LogP contribution in [0.3, 0.4) is 0 Å². The number of thiazole rings is 1. The van der Waals surface area contributed by atoms with Gasteiger partial charge in [-0.1, -0.05) is 48.5 Å². The molecular weight excluding hydrogens is 404 g/mol. The number of aromatic nitrogens is 1. The number of hydrogen-bond acceptors (Lipinski definition) is 7. The molecule has 0 radical (unpaired) electrons. The number of rotatable bonds is 7. The minimum absolute atomic E-state index is 0.0501. The molecule has 3 aromatic rings. The quantitative estimate of drug-likeness (QED) is 0.462. The first-order valence-corrected chi connectivity index (χ1v) is 10.4. The number of amides is 1. The number of benzene rings is 2. The minimum Gasteiger partial charge on any atom is -0.449 e. The smallest absolute Gasteiger partial charge is 0.407 e. The lowest BCUT2D eigenvalue weighted by Crippen LogP contribution is -2.36. The van der Waals surface area contributed by atoms with E-state index in [4.69, 9.17) is 9.84 Å². The van der Waals surface area contributed by atoms with Crippen molar-refractivity contribution >= 4 is 17.4 Å². The molecule has 2 unspecified atom stereocenters. The van der Waals surface area contributed by atoms with Crippen LogP contribution >= 0.6 is 11.3 Å². The van der Waals surface area contributed by atoms with E-state index in [9.17, 15) is 15.0 Å². The van der Waals surface area contributed by atoms with Gasteiger partial charge in [0.15, 0.2) is 0 Å². The predicted molar refractivity (Wildman–Crippen MR) is 112 cm³/mol. The van der Waals surface area contributed by atoms with E-state index in [1.807, 2.05) is 36.4 Å². The Morgan fingerprint density at radius 1 is 1.10 bits per heavy atom. The van der Waals surface area contributed by atoms with Crippen molar-refractivity contribution in [1.29, 1.82) is 0 Å². The summed E-state index contributed by atoms with van der Waals surface area (Å²) in [7, 11) is 0. The molecule has 8 heteroatoms. The first kappa shape index (κ1) is 20.5. The van der Waals surface area contributed by atoms with Gasteiger partial charge in [-0.3, -0.25) is 0 Å². The number of aliphatic hydroxyl groups excluding tert-OH is 3. The summed E-state index contributed by atoms with van der Waals surface area (Å²) in [5, 5.41) is 32.1. The van der Waals surface area contributed by atoms with Crippen LogP contribution in [-0.4, -0.2) is 45.7 Å². The molecule has 156 valence electrons. The van der Waals surface area contributed by atoms with Gasteiger partial charge in [0.25, 0.3) is 0 Å². The minimum atomic E-state index is -1.26. The number of aliphatic hydroxyl groups is 3. The number of hydrogen-bond donors (Lipinski definition) is 4. The number of carbonyl (C=O) groups excluding carboxylic acids is 1. The van der Waals surface area contributed by atoms with Crippen molar-refractivity contribution in [1.82, 2.24) is 10.3 Å². The Balaban J connectivity index is 1.33. The molecule has 1 aliphatic rings. The van der Waals surface area contributed by atoms with Gasteiger partial charge in [0.2, 0.25) is 0 Å².